The summed E-state index contributed by atoms with van der Waals surface area (Å²) in [6, 6.07) is 3.39. The molecule has 0 amide bonds. The van der Waals surface area contributed by atoms with Crippen molar-refractivity contribution in [3.05, 3.63) is 29.3 Å². The van der Waals surface area contributed by atoms with Gasteiger partial charge in [-0.3, -0.25) is 0 Å². The molecule has 0 radical (unpaired) electrons. The minimum atomic E-state index is -4.66. The molecule has 1 fully saturated rings. The fourth-order valence-electron chi connectivity index (χ4n) is 2.58. The molecule has 0 saturated heterocycles. The van der Waals surface area contributed by atoms with Gasteiger partial charge in [0.25, 0.3) is 0 Å². The van der Waals surface area contributed by atoms with E-state index in [0.717, 1.165) is 12.5 Å². The standard InChI is InChI=1S/C14H15F3N2O3S/c15-14(16,17)11-4-5-13(10(6-11)7-18)23(21,22)19-8-9-2-1-3-12(9)20/h4-6,9,12,19-20H,1-3,8H2. The molecular formula is C14H15F3N2O3S. The first kappa shape index (κ1) is 17.7. The Kier molecular flexibility index (Phi) is 4.98. The third kappa shape index (κ3) is 4.02. The Labute approximate surface area is 131 Å². The van der Waals surface area contributed by atoms with E-state index in [9.17, 15) is 26.7 Å². The van der Waals surface area contributed by atoms with Gasteiger partial charge in [0.1, 0.15) is 6.07 Å². The number of nitrogens with zero attached hydrogens (tertiary/aromatic N) is 1. The van der Waals surface area contributed by atoms with E-state index < -0.39 is 38.3 Å². The lowest BCUT2D eigenvalue weighted by Gasteiger charge is -2.16. The molecule has 2 atom stereocenters. The second kappa shape index (κ2) is 6.47. The summed E-state index contributed by atoms with van der Waals surface area (Å²) in [5, 5.41) is 18.6. The van der Waals surface area contributed by atoms with E-state index in [4.69, 9.17) is 5.26 Å². The summed E-state index contributed by atoms with van der Waals surface area (Å²) in [4.78, 5) is -0.500. The lowest BCUT2D eigenvalue weighted by molar-refractivity contribution is -0.137. The number of alkyl halides is 3. The SMILES string of the molecule is N#Cc1cc(C(F)(F)F)ccc1S(=O)(=O)NCC1CCCC1O. The first-order valence-electron chi connectivity index (χ1n) is 6.94. The Morgan fingerprint density at radius 2 is 2.04 bits per heavy atom. The first-order valence-corrected chi connectivity index (χ1v) is 8.42. The third-order valence-electron chi connectivity index (χ3n) is 3.87. The smallest absolute Gasteiger partial charge is 0.393 e. The largest absolute Gasteiger partial charge is 0.416 e. The summed E-state index contributed by atoms with van der Waals surface area (Å²) in [7, 11) is -4.13. The summed E-state index contributed by atoms with van der Waals surface area (Å²) in [6.45, 7) is -0.0185. The minimum absolute atomic E-state index is 0.0185. The maximum absolute atomic E-state index is 12.6. The summed E-state index contributed by atoms with van der Waals surface area (Å²) in [6.07, 6.45) is -3.20. The number of aliphatic hydroxyl groups excluding tert-OH is 1. The average Bonchev–Trinajstić information content (AvgIpc) is 2.89. The second-order valence-electron chi connectivity index (χ2n) is 5.43. The van der Waals surface area contributed by atoms with Gasteiger partial charge in [0.2, 0.25) is 10.0 Å². The van der Waals surface area contributed by atoms with Crippen molar-refractivity contribution >= 4 is 10.0 Å². The quantitative estimate of drug-likeness (QED) is 0.871. The monoisotopic (exact) mass is 348 g/mol. The highest BCUT2D eigenvalue weighted by Gasteiger charge is 2.33. The van der Waals surface area contributed by atoms with Gasteiger partial charge in [-0.1, -0.05) is 6.42 Å². The molecular weight excluding hydrogens is 333 g/mol. The van der Waals surface area contributed by atoms with Crippen LogP contribution in [-0.4, -0.2) is 26.2 Å². The number of nitrogens with one attached hydrogen (secondary N) is 1. The van der Waals surface area contributed by atoms with Gasteiger partial charge in [0.05, 0.1) is 22.1 Å². The van der Waals surface area contributed by atoms with Gasteiger partial charge < -0.3 is 5.11 Å². The molecule has 1 aliphatic rings. The Bertz CT molecular complexity index is 726. The van der Waals surface area contributed by atoms with Crippen molar-refractivity contribution in [2.75, 3.05) is 6.54 Å². The molecule has 1 aliphatic carbocycles. The fourth-order valence-corrected chi connectivity index (χ4v) is 3.81. The van der Waals surface area contributed by atoms with E-state index in [1.54, 1.807) is 0 Å². The van der Waals surface area contributed by atoms with Gasteiger partial charge in [-0.05, 0) is 37.0 Å². The van der Waals surface area contributed by atoms with Crippen molar-refractivity contribution in [2.24, 2.45) is 5.92 Å². The van der Waals surface area contributed by atoms with Crippen molar-refractivity contribution in [3.63, 3.8) is 0 Å². The summed E-state index contributed by atoms with van der Waals surface area (Å²) in [5.74, 6) is -0.232. The average molecular weight is 348 g/mol. The highest BCUT2D eigenvalue weighted by atomic mass is 32.2. The lowest BCUT2D eigenvalue weighted by Crippen LogP contribution is -2.33. The Morgan fingerprint density at radius 1 is 1.35 bits per heavy atom. The van der Waals surface area contributed by atoms with Crippen molar-refractivity contribution in [2.45, 2.75) is 36.4 Å². The van der Waals surface area contributed by atoms with Crippen molar-refractivity contribution in [1.82, 2.24) is 4.72 Å². The van der Waals surface area contributed by atoms with Crippen LogP contribution in [0.1, 0.15) is 30.4 Å². The van der Waals surface area contributed by atoms with Crippen LogP contribution in [0.5, 0.6) is 0 Å². The van der Waals surface area contributed by atoms with Gasteiger partial charge in [0.15, 0.2) is 0 Å². The maximum atomic E-state index is 12.6. The van der Waals surface area contributed by atoms with Gasteiger partial charge >= 0.3 is 6.18 Å². The molecule has 0 spiro atoms. The summed E-state index contributed by atoms with van der Waals surface area (Å²) >= 11 is 0. The molecule has 0 heterocycles. The third-order valence-corrected chi connectivity index (χ3v) is 5.35. The fraction of sp³-hybridized carbons (Fsp3) is 0.500. The van der Waals surface area contributed by atoms with E-state index in [-0.39, 0.29) is 12.5 Å². The number of hydrogen-bond acceptors (Lipinski definition) is 4. The van der Waals surface area contributed by atoms with Crippen LogP contribution in [0.2, 0.25) is 0 Å². The van der Waals surface area contributed by atoms with Crippen LogP contribution >= 0.6 is 0 Å². The molecule has 9 heteroatoms. The Balaban J connectivity index is 2.24. The molecule has 1 aromatic rings. The van der Waals surface area contributed by atoms with E-state index >= 15 is 0 Å². The van der Waals surface area contributed by atoms with E-state index in [1.807, 2.05) is 0 Å². The summed E-state index contributed by atoms with van der Waals surface area (Å²) < 4.78 is 64.6. The Hall–Kier alpha value is -1.63. The van der Waals surface area contributed by atoms with Crippen LogP contribution in [-0.2, 0) is 16.2 Å². The number of sulfonamides is 1. The number of benzene rings is 1. The molecule has 1 aromatic carbocycles. The van der Waals surface area contributed by atoms with Crippen LogP contribution in [0, 0.1) is 17.2 Å². The van der Waals surface area contributed by atoms with Crippen molar-refractivity contribution in [1.29, 1.82) is 5.26 Å². The number of rotatable bonds is 4. The molecule has 2 rings (SSSR count). The van der Waals surface area contributed by atoms with E-state index in [2.05, 4.69) is 4.72 Å². The lowest BCUT2D eigenvalue weighted by atomic mass is 10.1. The molecule has 126 valence electrons. The summed E-state index contributed by atoms with van der Waals surface area (Å²) in [5.41, 5.74) is -1.65. The van der Waals surface area contributed by atoms with Gasteiger partial charge in [-0.25, -0.2) is 13.1 Å². The molecule has 2 unspecified atom stereocenters. The van der Waals surface area contributed by atoms with E-state index in [0.29, 0.717) is 25.0 Å². The van der Waals surface area contributed by atoms with Crippen LogP contribution in [0.25, 0.3) is 0 Å². The molecule has 0 aromatic heterocycles. The highest BCUT2D eigenvalue weighted by molar-refractivity contribution is 7.89. The van der Waals surface area contributed by atoms with Crippen LogP contribution in [0.15, 0.2) is 23.1 Å². The van der Waals surface area contributed by atoms with Crippen LogP contribution in [0.4, 0.5) is 13.2 Å². The van der Waals surface area contributed by atoms with E-state index in [1.165, 1.54) is 6.07 Å². The number of aliphatic hydroxyl groups is 1. The molecule has 5 nitrogen and oxygen atoms in total. The highest BCUT2D eigenvalue weighted by Crippen LogP contribution is 2.31. The zero-order valence-electron chi connectivity index (χ0n) is 12.0. The van der Waals surface area contributed by atoms with Gasteiger partial charge in [0, 0.05) is 6.54 Å². The molecule has 1 saturated carbocycles. The maximum Gasteiger partial charge on any atom is 0.416 e. The predicted molar refractivity (Wildman–Crippen MR) is 74.7 cm³/mol. The number of halogens is 3. The topological polar surface area (TPSA) is 90.2 Å². The number of hydrogen-bond donors (Lipinski definition) is 2. The zero-order valence-corrected chi connectivity index (χ0v) is 12.8. The van der Waals surface area contributed by atoms with Crippen LogP contribution in [0.3, 0.4) is 0 Å². The molecule has 23 heavy (non-hydrogen) atoms. The van der Waals surface area contributed by atoms with Crippen LogP contribution < -0.4 is 4.72 Å². The first-order chi connectivity index (χ1) is 10.6. The van der Waals surface area contributed by atoms with Crippen molar-refractivity contribution < 1.29 is 26.7 Å². The number of nitriles is 1. The second-order valence-corrected chi connectivity index (χ2v) is 7.17. The molecule has 0 aliphatic heterocycles. The molecule has 0 bridgehead atoms. The normalized spacial score (nSPS) is 22.0. The molecule has 2 N–H and O–H groups in total. The van der Waals surface area contributed by atoms with Gasteiger partial charge in [-0.15, -0.1) is 0 Å². The Morgan fingerprint density at radius 3 is 2.57 bits per heavy atom. The minimum Gasteiger partial charge on any atom is -0.393 e. The zero-order chi connectivity index (χ0) is 17.3. The van der Waals surface area contributed by atoms with Gasteiger partial charge in [-0.2, -0.15) is 18.4 Å². The predicted octanol–water partition coefficient (Wildman–Crippen LogP) is 2.02. The van der Waals surface area contributed by atoms with Crippen molar-refractivity contribution in [3.8, 4) is 6.07 Å².